The second-order valence-corrected chi connectivity index (χ2v) is 10.4. The summed E-state index contributed by atoms with van der Waals surface area (Å²) in [5.41, 5.74) is 3.50. The summed E-state index contributed by atoms with van der Waals surface area (Å²) in [6.07, 6.45) is 6.74. The maximum absolute atomic E-state index is 13.2. The SMILES string of the molecule is COc1ccc(SN(CCCc2cncn2Cc2ccc(C#N)cc2)C(=O)NCc2cccc(Cl)c2Cl)cn1. The number of aryl methyl sites for hydroxylation is 1. The van der Waals surface area contributed by atoms with Crippen LogP contribution in [0.15, 0.2) is 78.2 Å². The van der Waals surface area contributed by atoms with Crippen molar-refractivity contribution in [1.29, 1.82) is 5.26 Å². The third kappa shape index (κ3) is 7.90. The summed E-state index contributed by atoms with van der Waals surface area (Å²) in [4.78, 5) is 22.6. The molecule has 11 heteroatoms. The lowest BCUT2D eigenvalue weighted by Gasteiger charge is -2.22. The molecule has 2 aromatic heterocycles. The number of methoxy groups -OCH3 is 1. The summed E-state index contributed by atoms with van der Waals surface area (Å²) in [7, 11) is 1.56. The Hall–Kier alpha value is -3.71. The number of nitrogens with one attached hydrogen (secondary N) is 1. The number of pyridine rings is 1. The van der Waals surface area contributed by atoms with Gasteiger partial charge in [-0.25, -0.2) is 14.8 Å². The zero-order valence-corrected chi connectivity index (χ0v) is 23.5. The smallest absolute Gasteiger partial charge is 0.327 e. The molecular formula is C28H26Cl2N6O2S. The lowest BCUT2D eigenvalue weighted by atomic mass is 10.1. The van der Waals surface area contributed by atoms with Crippen LogP contribution in [0.4, 0.5) is 4.79 Å². The Bertz CT molecular complexity index is 1440. The highest BCUT2D eigenvalue weighted by atomic mass is 35.5. The van der Waals surface area contributed by atoms with Gasteiger partial charge in [-0.1, -0.05) is 47.5 Å². The summed E-state index contributed by atoms with van der Waals surface area (Å²) in [5.74, 6) is 0.501. The molecule has 0 aliphatic heterocycles. The average Bonchev–Trinajstić information content (AvgIpc) is 3.40. The van der Waals surface area contributed by atoms with Crippen LogP contribution in [0, 0.1) is 11.3 Å². The molecule has 4 aromatic rings. The monoisotopic (exact) mass is 580 g/mol. The number of halogens is 2. The first kappa shape index (κ1) is 28.3. The normalized spacial score (nSPS) is 10.6. The minimum Gasteiger partial charge on any atom is -0.481 e. The third-order valence-electron chi connectivity index (χ3n) is 5.85. The van der Waals surface area contributed by atoms with Gasteiger partial charge in [-0.15, -0.1) is 0 Å². The highest BCUT2D eigenvalue weighted by molar-refractivity contribution is 7.97. The predicted octanol–water partition coefficient (Wildman–Crippen LogP) is 6.37. The van der Waals surface area contributed by atoms with E-state index in [0.29, 0.717) is 41.0 Å². The molecule has 0 bridgehead atoms. The van der Waals surface area contributed by atoms with Crippen molar-refractivity contribution in [3.8, 4) is 11.9 Å². The van der Waals surface area contributed by atoms with Crippen molar-refractivity contribution in [2.75, 3.05) is 13.7 Å². The molecule has 0 radical (unpaired) electrons. The fourth-order valence-corrected chi connectivity index (χ4v) is 5.02. The van der Waals surface area contributed by atoms with Crippen LogP contribution in [-0.4, -0.2) is 38.5 Å². The van der Waals surface area contributed by atoms with Gasteiger partial charge >= 0.3 is 6.03 Å². The van der Waals surface area contributed by atoms with Crippen LogP contribution in [-0.2, 0) is 19.5 Å². The number of carbonyl (C=O) groups is 1. The minimum absolute atomic E-state index is 0.244. The number of benzene rings is 2. The van der Waals surface area contributed by atoms with Crippen LogP contribution in [0.2, 0.25) is 10.0 Å². The molecule has 200 valence electrons. The van der Waals surface area contributed by atoms with Crippen LogP contribution in [0.3, 0.4) is 0 Å². The topological polar surface area (TPSA) is 96.1 Å². The van der Waals surface area contributed by atoms with E-state index in [1.165, 1.54) is 11.9 Å². The molecule has 0 unspecified atom stereocenters. The molecule has 0 spiro atoms. The molecule has 4 rings (SSSR count). The zero-order chi connectivity index (χ0) is 27.6. The Morgan fingerprint density at radius 1 is 1.15 bits per heavy atom. The summed E-state index contributed by atoms with van der Waals surface area (Å²) < 4.78 is 8.89. The Balaban J connectivity index is 1.40. The van der Waals surface area contributed by atoms with E-state index in [1.807, 2.05) is 42.6 Å². The first-order valence-electron chi connectivity index (χ1n) is 12.1. The molecule has 1 N–H and O–H groups in total. The number of amides is 2. The number of carbonyl (C=O) groups excluding carboxylic acids is 1. The van der Waals surface area contributed by atoms with Gasteiger partial charge in [0.15, 0.2) is 0 Å². The van der Waals surface area contributed by atoms with E-state index in [9.17, 15) is 4.79 Å². The standard InChI is InChI=1S/C28H26Cl2N6O2S/c1-38-26-12-11-24(17-33-26)39-36(28(37)34-15-22-4-2-6-25(29)27(22)30)13-3-5-23-16-32-19-35(23)18-21-9-7-20(14-31)8-10-21/h2,4,6-12,16-17,19H,3,5,13,15,18H2,1H3,(H,34,37). The zero-order valence-electron chi connectivity index (χ0n) is 21.2. The number of rotatable bonds is 11. The maximum Gasteiger partial charge on any atom is 0.327 e. The minimum atomic E-state index is -0.252. The van der Waals surface area contributed by atoms with E-state index in [1.54, 1.807) is 42.1 Å². The number of hydrogen-bond donors (Lipinski definition) is 1. The molecular weight excluding hydrogens is 555 g/mol. The summed E-state index contributed by atoms with van der Waals surface area (Å²) in [6.45, 7) is 1.37. The number of aromatic nitrogens is 3. The number of imidazole rings is 1. The molecule has 2 amide bonds. The van der Waals surface area contributed by atoms with Crippen molar-refractivity contribution < 1.29 is 9.53 Å². The molecule has 0 aliphatic carbocycles. The Kier molecular flexibility index (Phi) is 10.1. The fraction of sp³-hybridized carbons (Fsp3) is 0.214. The van der Waals surface area contributed by atoms with Crippen LogP contribution < -0.4 is 10.1 Å². The van der Waals surface area contributed by atoms with Gasteiger partial charge in [0.25, 0.3) is 0 Å². The molecule has 39 heavy (non-hydrogen) atoms. The number of hydrogen-bond acceptors (Lipinski definition) is 6. The predicted molar refractivity (Wildman–Crippen MR) is 153 cm³/mol. The van der Waals surface area contributed by atoms with Gasteiger partial charge in [-0.2, -0.15) is 5.26 Å². The second-order valence-electron chi connectivity index (χ2n) is 8.53. The van der Waals surface area contributed by atoms with E-state index >= 15 is 0 Å². The fourth-order valence-electron chi connectivity index (χ4n) is 3.79. The van der Waals surface area contributed by atoms with Crippen molar-refractivity contribution in [1.82, 2.24) is 24.2 Å². The average molecular weight is 582 g/mol. The van der Waals surface area contributed by atoms with Crippen molar-refractivity contribution in [2.24, 2.45) is 0 Å². The molecule has 0 saturated heterocycles. The van der Waals surface area contributed by atoms with Gasteiger partial charge in [0.1, 0.15) is 0 Å². The van der Waals surface area contributed by atoms with E-state index in [4.69, 9.17) is 33.2 Å². The lowest BCUT2D eigenvalue weighted by molar-refractivity contribution is 0.225. The summed E-state index contributed by atoms with van der Waals surface area (Å²) >= 11 is 13.7. The van der Waals surface area contributed by atoms with Crippen LogP contribution in [0.5, 0.6) is 5.88 Å². The Morgan fingerprint density at radius 3 is 2.69 bits per heavy atom. The largest absolute Gasteiger partial charge is 0.481 e. The van der Waals surface area contributed by atoms with Crippen molar-refractivity contribution in [2.45, 2.75) is 30.8 Å². The number of nitriles is 1. The number of nitrogens with zero attached hydrogens (tertiary/aromatic N) is 5. The van der Waals surface area contributed by atoms with Gasteiger partial charge < -0.3 is 14.6 Å². The number of ether oxygens (including phenoxy) is 1. The second kappa shape index (κ2) is 13.9. The van der Waals surface area contributed by atoms with Crippen LogP contribution >= 0.6 is 35.1 Å². The molecule has 0 fully saturated rings. The highest BCUT2D eigenvalue weighted by Gasteiger charge is 2.17. The number of urea groups is 1. The summed E-state index contributed by atoms with van der Waals surface area (Å²) in [6, 6.07) is 18.3. The Labute approximate surface area is 241 Å². The maximum atomic E-state index is 13.2. The van der Waals surface area contributed by atoms with Crippen molar-refractivity contribution in [3.05, 3.63) is 106 Å². The van der Waals surface area contributed by atoms with Gasteiger partial charge in [-0.05, 0) is 60.2 Å². The molecule has 8 nitrogen and oxygen atoms in total. The first-order chi connectivity index (χ1) is 19.0. The van der Waals surface area contributed by atoms with E-state index < -0.39 is 0 Å². The van der Waals surface area contributed by atoms with E-state index in [0.717, 1.165) is 28.1 Å². The quantitative estimate of drug-likeness (QED) is 0.207. The molecule has 0 aliphatic rings. The molecule has 0 atom stereocenters. The molecule has 2 aromatic carbocycles. The van der Waals surface area contributed by atoms with Gasteiger partial charge in [0.2, 0.25) is 5.88 Å². The van der Waals surface area contributed by atoms with Crippen molar-refractivity contribution >= 4 is 41.2 Å². The highest BCUT2D eigenvalue weighted by Crippen LogP contribution is 2.27. The van der Waals surface area contributed by atoms with Crippen molar-refractivity contribution in [3.63, 3.8) is 0 Å². The van der Waals surface area contributed by atoms with Crippen LogP contribution in [0.1, 0.15) is 28.8 Å². The van der Waals surface area contributed by atoms with Crippen LogP contribution in [0.25, 0.3) is 0 Å². The van der Waals surface area contributed by atoms with E-state index in [2.05, 4.69) is 25.9 Å². The third-order valence-corrected chi connectivity index (χ3v) is 7.73. The Morgan fingerprint density at radius 2 is 1.97 bits per heavy atom. The first-order valence-corrected chi connectivity index (χ1v) is 13.6. The van der Waals surface area contributed by atoms with E-state index in [-0.39, 0.29) is 12.6 Å². The molecule has 2 heterocycles. The van der Waals surface area contributed by atoms with Gasteiger partial charge in [-0.3, -0.25) is 4.31 Å². The van der Waals surface area contributed by atoms with Gasteiger partial charge in [0.05, 0.1) is 35.1 Å². The summed E-state index contributed by atoms with van der Waals surface area (Å²) in [5, 5.41) is 12.8. The van der Waals surface area contributed by atoms with Gasteiger partial charge in [0, 0.05) is 48.7 Å². The lowest BCUT2D eigenvalue weighted by Crippen LogP contribution is -2.36. The molecule has 0 saturated carbocycles.